The molecule has 24 heavy (non-hydrogen) atoms. The Morgan fingerprint density at radius 1 is 1.33 bits per heavy atom. The van der Waals surface area contributed by atoms with Crippen molar-refractivity contribution in [2.45, 2.75) is 38.3 Å². The number of hydrogen-bond donors (Lipinski definition) is 2. The average molecular weight is 333 g/mol. The van der Waals surface area contributed by atoms with E-state index in [4.69, 9.17) is 9.57 Å². The van der Waals surface area contributed by atoms with Gasteiger partial charge in [0, 0.05) is 12.1 Å². The van der Waals surface area contributed by atoms with E-state index in [1.807, 2.05) is 6.07 Å². The molecule has 0 bridgehead atoms. The van der Waals surface area contributed by atoms with Crippen LogP contribution in [0.3, 0.4) is 0 Å². The molecule has 7 heteroatoms. The summed E-state index contributed by atoms with van der Waals surface area (Å²) in [5.74, 6) is 0.621. The quantitative estimate of drug-likeness (QED) is 0.785. The molecule has 130 valence electrons. The molecular weight excluding hydrogens is 310 g/mol. The molecule has 3 rings (SSSR count). The Morgan fingerprint density at radius 2 is 2.21 bits per heavy atom. The summed E-state index contributed by atoms with van der Waals surface area (Å²) in [6, 6.07) is 6.82. The molecule has 2 heterocycles. The minimum Gasteiger partial charge on any atom is -0.492 e. The number of hydrazine groups is 1. The van der Waals surface area contributed by atoms with E-state index in [2.05, 4.69) is 10.9 Å². The van der Waals surface area contributed by atoms with Gasteiger partial charge in [0.05, 0.1) is 12.6 Å². The highest BCUT2D eigenvalue weighted by molar-refractivity contribution is 5.94. The minimum absolute atomic E-state index is 0.00769. The molecule has 2 aliphatic heterocycles. The highest BCUT2D eigenvalue weighted by atomic mass is 16.7. The van der Waals surface area contributed by atoms with Crippen molar-refractivity contribution in [3.8, 4) is 5.75 Å². The highest BCUT2D eigenvalue weighted by Crippen LogP contribution is 2.17. The fourth-order valence-electron chi connectivity index (χ4n) is 2.84. The van der Waals surface area contributed by atoms with E-state index in [0.717, 1.165) is 12.8 Å². The van der Waals surface area contributed by atoms with Gasteiger partial charge in [-0.3, -0.25) is 19.9 Å². The van der Waals surface area contributed by atoms with E-state index in [1.54, 1.807) is 18.2 Å². The van der Waals surface area contributed by atoms with Crippen LogP contribution in [0.4, 0.5) is 0 Å². The average Bonchev–Trinajstić information content (AvgIpc) is 3.09. The smallest absolute Gasteiger partial charge is 0.264 e. The first-order chi connectivity index (χ1) is 11.6. The van der Waals surface area contributed by atoms with Crippen molar-refractivity contribution in [3.63, 3.8) is 0 Å². The topological polar surface area (TPSA) is 79.9 Å². The number of hydrogen-bond acceptors (Lipinski definition) is 6. The molecule has 0 radical (unpaired) electrons. The van der Waals surface area contributed by atoms with Gasteiger partial charge in [0.25, 0.3) is 5.91 Å². The van der Waals surface area contributed by atoms with E-state index in [1.165, 1.54) is 12.0 Å². The Bertz CT molecular complexity index is 601. The minimum atomic E-state index is -0.305. The van der Waals surface area contributed by atoms with Crippen LogP contribution < -0.4 is 15.6 Å². The Labute approximate surface area is 141 Å². The van der Waals surface area contributed by atoms with Gasteiger partial charge in [-0.05, 0) is 38.3 Å². The van der Waals surface area contributed by atoms with Gasteiger partial charge in [-0.2, -0.15) is 0 Å². The second kappa shape index (κ2) is 7.74. The van der Waals surface area contributed by atoms with Crippen molar-refractivity contribution in [3.05, 3.63) is 29.8 Å². The van der Waals surface area contributed by atoms with Gasteiger partial charge in [-0.1, -0.05) is 12.1 Å². The second-order valence-corrected chi connectivity index (χ2v) is 6.15. The zero-order chi connectivity index (χ0) is 16.9. The zero-order valence-corrected chi connectivity index (χ0v) is 13.8. The maximum absolute atomic E-state index is 12.4. The molecule has 2 unspecified atom stereocenters. The van der Waals surface area contributed by atoms with Crippen molar-refractivity contribution in [2.75, 3.05) is 19.8 Å². The van der Waals surface area contributed by atoms with Crippen LogP contribution in [0, 0.1) is 0 Å². The van der Waals surface area contributed by atoms with Crippen LogP contribution in [-0.4, -0.2) is 48.6 Å². The van der Waals surface area contributed by atoms with Gasteiger partial charge in [-0.15, -0.1) is 0 Å². The second-order valence-electron chi connectivity index (χ2n) is 6.15. The number of benzene rings is 1. The predicted octanol–water partition coefficient (Wildman–Crippen LogP) is 1.06. The van der Waals surface area contributed by atoms with E-state index < -0.39 is 0 Å². The summed E-state index contributed by atoms with van der Waals surface area (Å²) in [5, 5.41) is 1.46. The molecule has 2 fully saturated rings. The Kier molecular flexibility index (Phi) is 5.44. The van der Waals surface area contributed by atoms with Crippen molar-refractivity contribution >= 4 is 11.7 Å². The van der Waals surface area contributed by atoms with Crippen LogP contribution >= 0.6 is 0 Å². The van der Waals surface area contributed by atoms with Crippen molar-refractivity contribution in [2.24, 2.45) is 0 Å². The van der Waals surface area contributed by atoms with E-state index in [9.17, 15) is 9.59 Å². The van der Waals surface area contributed by atoms with Crippen LogP contribution in [0.1, 0.15) is 36.5 Å². The maximum Gasteiger partial charge on any atom is 0.264 e. The maximum atomic E-state index is 12.4. The number of rotatable bonds is 5. The number of Topliss-reactive ketones (excluding diaryl/α,β-unsaturated/α-hetero) is 1. The molecule has 1 amide bonds. The number of carbonyl (C=O) groups excluding carboxylic acids is 2. The molecule has 0 aromatic heterocycles. The molecule has 2 aliphatic rings. The summed E-state index contributed by atoms with van der Waals surface area (Å²) >= 11 is 0. The first-order valence-electron chi connectivity index (χ1n) is 8.32. The fourth-order valence-corrected chi connectivity index (χ4v) is 2.84. The third-order valence-electron chi connectivity index (χ3n) is 4.22. The van der Waals surface area contributed by atoms with Crippen molar-refractivity contribution < 1.29 is 19.2 Å². The summed E-state index contributed by atoms with van der Waals surface area (Å²) in [6.45, 7) is 3.19. The van der Waals surface area contributed by atoms with E-state index >= 15 is 0 Å². The van der Waals surface area contributed by atoms with Gasteiger partial charge in [0.15, 0.2) is 5.78 Å². The Morgan fingerprint density at radius 3 is 2.96 bits per heavy atom. The number of carbonyl (C=O) groups is 2. The number of hydroxylamine groups is 2. The standard InChI is InChI=1S/C17H23N3O4/c1-12(21)13-5-4-6-15(9-13)23-11-14-10-16(19-18-14)17(22)20-7-2-3-8-24-20/h4-6,9,14,16,18-19H,2-3,7-8,10-11H2,1H3. The van der Waals surface area contributed by atoms with Crippen LogP contribution in [0.5, 0.6) is 5.75 Å². The first kappa shape index (κ1) is 16.9. The third kappa shape index (κ3) is 4.11. The van der Waals surface area contributed by atoms with Crippen molar-refractivity contribution in [1.82, 2.24) is 15.9 Å². The Hall–Kier alpha value is -1.96. The first-order valence-corrected chi connectivity index (χ1v) is 8.32. The molecule has 0 saturated carbocycles. The lowest BCUT2D eigenvalue weighted by Gasteiger charge is -2.27. The van der Waals surface area contributed by atoms with Crippen LogP contribution in [0.2, 0.25) is 0 Å². The number of ether oxygens (including phenoxy) is 1. The largest absolute Gasteiger partial charge is 0.492 e. The summed E-state index contributed by atoms with van der Waals surface area (Å²) in [7, 11) is 0. The van der Waals surface area contributed by atoms with Crippen molar-refractivity contribution in [1.29, 1.82) is 0 Å². The predicted molar refractivity (Wildman–Crippen MR) is 87.3 cm³/mol. The highest BCUT2D eigenvalue weighted by Gasteiger charge is 2.33. The number of amides is 1. The number of ketones is 1. The summed E-state index contributed by atoms with van der Waals surface area (Å²) < 4.78 is 5.74. The summed E-state index contributed by atoms with van der Waals surface area (Å²) in [5.41, 5.74) is 6.73. The molecular formula is C17H23N3O4. The monoisotopic (exact) mass is 333 g/mol. The SMILES string of the molecule is CC(=O)c1cccc(OCC2CC(C(=O)N3CCCCO3)NN2)c1. The Balaban J connectivity index is 1.48. The van der Waals surface area contributed by atoms with Gasteiger partial charge < -0.3 is 4.74 Å². The van der Waals surface area contributed by atoms with Crippen LogP contribution in [0.25, 0.3) is 0 Å². The molecule has 2 N–H and O–H groups in total. The number of nitrogens with zero attached hydrogens (tertiary/aromatic N) is 1. The van der Waals surface area contributed by atoms with Gasteiger partial charge in [0.2, 0.25) is 0 Å². The molecule has 2 saturated heterocycles. The van der Waals surface area contributed by atoms with Gasteiger partial charge in [0.1, 0.15) is 18.4 Å². The van der Waals surface area contributed by atoms with Crippen LogP contribution in [-0.2, 0) is 9.63 Å². The third-order valence-corrected chi connectivity index (χ3v) is 4.22. The number of nitrogens with one attached hydrogen (secondary N) is 2. The fraction of sp³-hybridized carbons (Fsp3) is 0.529. The summed E-state index contributed by atoms with van der Waals surface area (Å²) in [4.78, 5) is 29.2. The lowest BCUT2D eigenvalue weighted by atomic mass is 10.1. The molecule has 0 spiro atoms. The van der Waals surface area contributed by atoms with Gasteiger partial charge >= 0.3 is 0 Å². The summed E-state index contributed by atoms with van der Waals surface area (Å²) in [6.07, 6.45) is 2.60. The van der Waals surface area contributed by atoms with E-state index in [-0.39, 0.29) is 23.8 Å². The molecule has 7 nitrogen and oxygen atoms in total. The van der Waals surface area contributed by atoms with E-state index in [0.29, 0.717) is 37.5 Å². The lowest BCUT2D eigenvalue weighted by molar-refractivity contribution is -0.198. The lowest BCUT2D eigenvalue weighted by Crippen LogP contribution is -2.47. The molecule has 1 aromatic carbocycles. The molecule has 1 aromatic rings. The molecule has 2 atom stereocenters. The van der Waals surface area contributed by atoms with Crippen LogP contribution in [0.15, 0.2) is 24.3 Å². The van der Waals surface area contributed by atoms with Gasteiger partial charge in [-0.25, -0.2) is 10.5 Å². The zero-order valence-electron chi connectivity index (χ0n) is 13.8. The molecule has 0 aliphatic carbocycles. The normalized spacial score (nSPS) is 24.0.